The van der Waals surface area contributed by atoms with Gasteiger partial charge in [0.1, 0.15) is 5.75 Å². The van der Waals surface area contributed by atoms with Gasteiger partial charge in [-0.05, 0) is 24.1 Å². The lowest BCUT2D eigenvalue weighted by Gasteiger charge is -2.05. The molecule has 0 unspecified atom stereocenters. The molecule has 1 radical (unpaired) electrons. The molecule has 14 heavy (non-hydrogen) atoms. The Hall–Kier alpha value is -0.890. The number of unbranched alkanes of at least 4 members (excludes halogenated alkanes) is 1. The first-order valence-electron chi connectivity index (χ1n) is 4.93. The van der Waals surface area contributed by atoms with Gasteiger partial charge < -0.3 is 4.74 Å². The first kappa shape index (κ1) is 11.2. The van der Waals surface area contributed by atoms with Crippen LogP contribution in [0.25, 0.3) is 0 Å². The van der Waals surface area contributed by atoms with Crippen LogP contribution >= 0.6 is 12.2 Å². The van der Waals surface area contributed by atoms with Gasteiger partial charge in [0.25, 0.3) is 0 Å². The molecule has 0 aromatic heterocycles. The molecule has 1 nitrogen and oxygen atoms in total. The summed E-state index contributed by atoms with van der Waals surface area (Å²) in [6.45, 7) is 2.95. The Balaban J connectivity index is 2.50. The second kappa shape index (κ2) is 6.55. The third-order valence-electron chi connectivity index (χ3n) is 1.94. The van der Waals surface area contributed by atoms with Crippen molar-refractivity contribution in [1.29, 1.82) is 0 Å². The van der Waals surface area contributed by atoms with Crippen molar-refractivity contribution < 1.29 is 4.74 Å². The van der Waals surface area contributed by atoms with Gasteiger partial charge in [-0.3, -0.25) is 0 Å². The number of thiocarbonyl (C=S) groups is 1. The monoisotopic (exact) mass is 207 g/mol. The fraction of sp³-hybridized carbons (Fsp3) is 0.417. The molecule has 0 spiro atoms. The molecule has 0 saturated carbocycles. The Bertz CT molecular complexity index is 283. The van der Waals surface area contributed by atoms with E-state index >= 15 is 0 Å². The van der Waals surface area contributed by atoms with Gasteiger partial charge in [0.15, 0.2) is 0 Å². The van der Waals surface area contributed by atoms with Crippen molar-refractivity contribution in [2.75, 3.05) is 6.61 Å². The minimum atomic E-state index is 0.709. The van der Waals surface area contributed by atoms with Crippen LogP contribution in [0.2, 0.25) is 0 Å². The second-order valence-electron chi connectivity index (χ2n) is 3.17. The van der Waals surface area contributed by atoms with Crippen molar-refractivity contribution in [3.63, 3.8) is 0 Å². The van der Waals surface area contributed by atoms with Gasteiger partial charge in [0, 0.05) is 11.8 Å². The zero-order valence-corrected chi connectivity index (χ0v) is 9.27. The molecule has 0 aliphatic rings. The molecule has 0 bridgehead atoms. The summed E-state index contributed by atoms with van der Waals surface area (Å²) in [4.78, 5) is 0. The van der Waals surface area contributed by atoms with E-state index < -0.39 is 0 Å². The number of hydrogen-bond acceptors (Lipinski definition) is 2. The fourth-order valence-corrected chi connectivity index (χ4v) is 1.33. The highest BCUT2D eigenvalue weighted by atomic mass is 32.1. The lowest BCUT2D eigenvalue weighted by molar-refractivity contribution is 0.309. The topological polar surface area (TPSA) is 9.23 Å². The quantitative estimate of drug-likeness (QED) is 0.523. The van der Waals surface area contributed by atoms with Crippen molar-refractivity contribution in [2.45, 2.75) is 26.2 Å². The number of ether oxygens (including phenoxy) is 1. The number of benzene rings is 1. The molecule has 1 aromatic carbocycles. The van der Waals surface area contributed by atoms with Gasteiger partial charge in [-0.1, -0.05) is 37.7 Å². The molecule has 2 heteroatoms. The molecule has 0 atom stereocenters. The maximum Gasteiger partial charge on any atom is 0.119 e. The minimum absolute atomic E-state index is 0.709. The maximum atomic E-state index is 5.57. The van der Waals surface area contributed by atoms with E-state index in [-0.39, 0.29) is 0 Å². The number of hydrogen-bond donors (Lipinski definition) is 0. The van der Waals surface area contributed by atoms with Crippen molar-refractivity contribution in [2.24, 2.45) is 0 Å². The molecule has 1 rings (SSSR count). The lowest BCUT2D eigenvalue weighted by atomic mass is 10.2. The summed E-state index contributed by atoms with van der Waals surface area (Å²) in [5.74, 6) is 0.932. The van der Waals surface area contributed by atoms with Gasteiger partial charge in [0.05, 0.1) is 6.61 Å². The Kier molecular flexibility index (Phi) is 5.23. The summed E-state index contributed by atoms with van der Waals surface area (Å²) < 4.78 is 5.57. The zero-order valence-electron chi connectivity index (χ0n) is 8.45. The molecule has 0 N–H and O–H groups in total. The summed E-state index contributed by atoms with van der Waals surface area (Å²) in [6, 6.07) is 8.02. The van der Waals surface area contributed by atoms with Crippen LogP contribution in [0.15, 0.2) is 24.3 Å². The van der Waals surface area contributed by atoms with E-state index in [1.807, 2.05) is 24.3 Å². The SMILES string of the molecule is CCCCOc1cccc(C[C]=S)c1. The molecule has 75 valence electrons. The molecule has 0 saturated heterocycles. The predicted octanol–water partition coefficient (Wildman–Crippen LogP) is 3.28. The third kappa shape index (κ3) is 3.88. The van der Waals surface area contributed by atoms with Crippen LogP contribution in [-0.4, -0.2) is 12.0 Å². The average Bonchev–Trinajstić information content (AvgIpc) is 2.19. The van der Waals surface area contributed by atoms with Gasteiger partial charge in [0.2, 0.25) is 0 Å². The highest BCUT2D eigenvalue weighted by Gasteiger charge is 1.95. The van der Waals surface area contributed by atoms with E-state index in [9.17, 15) is 0 Å². The summed E-state index contributed by atoms with van der Waals surface area (Å²) in [6.07, 6.45) is 2.97. The Morgan fingerprint density at radius 1 is 1.43 bits per heavy atom. The van der Waals surface area contributed by atoms with E-state index in [1.165, 1.54) is 0 Å². The highest BCUT2D eigenvalue weighted by Crippen LogP contribution is 2.13. The Morgan fingerprint density at radius 2 is 2.29 bits per heavy atom. The highest BCUT2D eigenvalue weighted by molar-refractivity contribution is 7.78. The van der Waals surface area contributed by atoms with E-state index in [0.29, 0.717) is 6.42 Å². The first-order valence-corrected chi connectivity index (χ1v) is 5.34. The molecular weight excluding hydrogens is 192 g/mol. The van der Waals surface area contributed by atoms with E-state index in [2.05, 4.69) is 12.3 Å². The van der Waals surface area contributed by atoms with Crippen LogP contribution in [0.5, 0.6) is 5.75 Å². The summed E-state index contributed by atoms with van der Waals surface area (Å²) in [5, 5.41) is 2.71. The van der Waals surface area contributed by atoms with Crippen LogP contribution in [-0.2, 0) is 6.42 Å². The molecule has 0 aliphatic carbocycles. The number of rotatable bonds is 6. The molecule has 0 aliphatic heterocycles. The average molecular weight is 207 g/mol. The molecule has 0 heterocycles. The van der Waals surface area contributed by atoms with Crippen molar-refractivity contribution >= 4 is 17.6 Å². The van der Waals surface area contributed by atoms with Crippen molar-refractivity contribution in [3.8, 4) is 5.75 Å². The maximum absolute atomic E-state index is 5.57. The van der Waals surface area contributed by atoms with E-state index in [0.717, 1.165) is 30.8 Å². The summed E-state index contributed by atoms with van der Waals surface area (Å²) >= 11 is 4.69. The Morgan fingerprint density at radius 3 is 3.00 bits per heavy atom. The predicted molar refractivity (Wildman–Crippen MR) is 63.1 cm³/mol. The van der Waals surface area contributed by atoms with Crippen LogP contribution in [0.3, 0.4) is 0 Å². The molecule has 0 amide bonds. The molecule has 1 aromatic rings. The van der Waals surface area contributed by atoms with Gasteiger partial charge in [-0.25, -0.2) is 0 Å². The van der Waals surface area contributed by atoms with Gasteiger partial charge >= 0.3 is 0 Å². The minimum Gasteiger partial charge on any atom is -0.494 e. The first-order chi connectivity index (χ1) is 6.86. The van der Waals surface area contributed by atoms with Crippen molar-refractivity contribution in [3.05, 3.63) is 29.8 Å². The molecular formula is C12H15OS. The lowest BCUT2D eigenvalue weighted by Crippen LogP contribution is -1.96. The normalized spacial score (nSPS) is 9.79. The van der Waals surface area contributed by atoms with Crippen LogP contribution < -0.4 is 4.74 Å². The van der Waals surface area contributed by atoms with E-state index in [4.69, 9.17) is 17.0 Å². The zero-order chi connectivity index (χ0) is 10.2. The third-order valence-corrected chi connectivity index (χ3v) is 2.09. The summed E-state index contributed by atoms with van der Waals surface area (Å²) in [5.41, 5.74) is 1.16. The van der Waals surface area contributed by atoms with Crippen LogP contribution in [0.1, 0.15) is 25.3 Å². The largest absolute Gasteiger partial charge is 0.494 e. The van der Waals surface area contributed by atoms with Crippen LogP contribution in [0, 0.1) is 0 Å². The smallest absolute Gasteiger partial charge is 0.119 e. The van der Waals surface area contributed by atoms with Crippen molar-refractivity contribution in [1.82, 2.24) is 0 Å². The fourth-order valence-electron chi connectivity index (χ4n) is 1.16. The van der Waals surface area contributed by atoms with E-state index in [1.54, 1.807) is 0 Å². The van der Waals surface area contributed by atoms with Gasteiger partial charge in [-0.15, -0.1) is 0 Å². The second-order valence-corrected chi connectivity index (χ2v) is 3.46. The Labute approximate surface area is 91.1 Å². The standard InChI is InChI=1S/C12H15OS/c1-2-3-8-13-12-6-4-5-11(10-12)7-9-14/h4-6,10H,2-3,7-8H2,1H3. The summed E-state index contributed by atoms with van der Waals surface area (Å²) in [7, 11) is 0. The van der Waals surface area contributed by atoms with Crippen LogP contribution in [0.4, 0.5) is 0 Å². The molecule has 0 fully saturated rings. The van der Waals surface area contributed by atoms with Gasteiger partial charge in [-0.2, -0.15) is 0 Å².